The molecule has 2 heterocycles. The molecular formula is C20H20BrN3. The van der Waals surface area contributed by atoms with Crippen LogP contribution in [0, 0.1) is 0 Å². The maximum absolute atomic E-state index is 4.58. The number of hydrogen-bond acceptors (Lipinski definition) is 2. The molecule has 4 heteroatoms. The Hall–Kier alpha value is -2.07. The standard InChI is InChI=1S/C20H20BrN3/c1-23-9-7-17-11-15(5-6-19(17)23)13-20-22-8-10-24(20)14-16-3-2-4-18(21)12-16/h2-6,8,10-12H,7,9,13-14H2,1H3. The summed E-state index contributed by atoms with van der Waals surface area (Å²) in [5, 5.41) is 0. The topological polar surface area (TPSA) is 21.1 Å². The SMILES string of the molecule is CN1CCc2cc(Cc3nccn3Cc3cccc(Br)c3)ccc21. The van der Waals surface area contributed by atoms with Gasteiger partial charge in [-0.25, -0.2) is 4.98 Å². The molecule has 0 amide bonds. The van der Waals surface area contributed by atoms with E-state index in [2.05, 4.69) is 86.1 Å². The minimum atomic E-state index is 0.850. The maximum atomic E-state index is 4.58. The van der Waals surface area contributed by atoms with Crippen LogP contribution in [-0.4, -0.2) is 23.1 Å². The van der Waals surface area contributed by atoms with E-state index < -0.39 is 0 Å². The molecule has 3 aromatic rings. The van der Waals surface area contributed by atoms with E-state index in [-0.39, 0.29) is 0 Å². The van der Waals surface area contributed by atoms with Crippen molar-refractivity contribution in [3.05, 3.63) is 81.8 Å². The number of fused-ring (bicyclic) bond motifs is 1. The fourth-order valence-electron chi connectivity index (χ4n) is 3.40. The lowest BCUT2D eigenvalue weighted by molar-refractivity contribution is 0.740. The van der Waals surface area contributed by atoms with Crippen molar-refractivity contribution >= 4 is 21.6 Å². The number of hydrogen-bond donors (Lipinski definition) is 0. The zero-order valence-corrected chi connectivity index (χ0v) is 15.3. The molecule has 24 heavy (non-hydrogen) atoms. The second-order valence-corrected chi connectivity index (χ2v) is 7.33. The summed E-state index contributed by atoms with van der Waals surface area (Å²) in [5.41, 5.74) is 5.45. The summed E-state index contributed by atoms with van der Waals surface area (Å²) >= 11 is 3.54. The first-order chi connectivity index (χ1) is 11.7. The number of benzene rings is 2. The highest BCUT2D eigenvalue weighted by molar-refractivity contribution is 9.10. The summed E-state index contributed by atoms with van der Waals surface area (Å²) in [6.45, 7) is 1.97. The van der Waals surface area contributed by atoms with E-state index in [1.807, 2.05) is 6.20 Å². The molecule has 3 nitrogen and oxygen atoms in total. The van der Waals surface area contributed by atoms with Crippen LogP contribution in [0.25, 0.3) is 0 Å². The summed E-state index contributed by atoms with van der Waals surface area (Å²) in [7, 11) is 2.16. The molecule has 0 atom stereocenters. The fourth-order valence-corrected chi connectivity index (χ4v) is 3.84. The molecule has 0 radical (unpaired) electrons. The average molecular weight is 382 g/mol. The van der Waals surface area contributed by atoms with Gasteiger partial charge in [0.15, 0.2) is 0 Å². The van der Waals surface area contributed by atoms with Crippen molar-refractivity contribution in [2.75, 3.05) is 18.5 Å². The van der Waals surface area contributed by atoms with Gasteiger partial charge in [0.1, 0.15) is 5.82 Å². The van der Waals surface area contributed by atoms with Crippen molar-refractivity contribution in [1.82, 2.24) is 9.55 Å². The van der Waals surface area contributed by atoms with Gasteiger partial charge in [0, 0.05) is 49.1 Å². The van der Waals surface area contributed by atoms with Crippen molar-refractivity contribution in [3.63, 3.8) is 0 Å². The predicted molar refractivity (Wildman–Crippen MR) is 102 cm³/mol. The summed E-state index contributed by atoms with van der Waals surface area (Å²) in [6.07, 6.45) is 5.98. The Balaban J connectivity index is 1.55. The third-order valence-electron chi connectivity index (χ3n) is 4.68. The summed E-state index contributed by atoms with van der Waals surface area (Å²) < 4.78 is 3.35. The molecule has 0 N–H and O–H groups in total. The monoisotopic (exact) mass is 381 g/mol. The second kappa shape index (κ2) is 6.44. The highest BCUT2D eigenvalue weighted by Crippen LogP contribution is 2.28. The number of likely N-dealkylation sites (N-methyl/N-ethyl adjacent to an activating group) is 1. The van der Waals surface area contributed by atoms with E-state index in [1.54, 1.807) is 0 Å². The Bertz CT molecular complexity index is 869. The first-order valence-corrected chi connectivity index (χ1v) is 9.06. The fraction of sp³-hybridized carbons (Fsp3) is 0.250. The van der Waals surface area contributed by atoms with Gasteiger partial charge in [0.2, 0.25) is 0 Å². The normalized spacial score (nSPS) is 13.3. The van der Waals surface area contributed by atoms with Crippen LogP contribution in [0.1, 0.15) is 22.5 Å². The van der Waals surface area contributed by atoms with Crippen LogP contribution in [0.5, 0.6) is 0 Å². The lowest BCUT2D eigenvalue weighted by atomic mass is 10.1. The minimum Gasteiger partial charge on any atom is -0.374 e. The van der Waals surface area contributed by atoms with E-state index >= 15 is 0 Å². The smallest absolute Gasteiger partial charge is 0.113 e. The first-order valence-electron chi connectivity index (χ1n) is 8.26. The van der Waals surface area contributed by atoms with Crippen LogP contribution in [0.15, 0.2) is 59.3 Å². The molecule has 0 bridgehead atoms. The van der Waals surface area contributed by atoms with E-state index in [4.69, 9.17) is 0 Å². The van der Waals surface area contributed by atoms with Gasteiger partial charge in [-0.05, 0) is 41.3 Å². The van der Waals surface area contributed by atoms with Crippen molar-refractivity contribution < 1.29 is 0 Å². The number of nitrogens with zero attached hydrogens (tertiary/aromatic N) is 3. The Morgan fingerprint density at radius 3 is 2.92 bits per heavy atom. The van der Waals surface area contributed by atoms with Gasteiger partial charge in [-0.2, -0.15) is 0 Å². The van der Waals surface area contributed by atoms with Crippen LogP contribution in [0.4, 0.5) is 5.69 Å². The number of anilines is 1. The molecule has 1 aromatic heterocycles. The van der Waals surface area contributed by atoms with Crippen molar-refractivity contribution in [1.29, 1.82) is 0 Å². The van der Waals surface area contributed by atoms with E-state index in [1.165, 1.54) is 22.4 Å². The Labute approximate surface area is 151 Å². The predicted octanol–water partition coefficient (Wildman–Crippen LogP) is 4.28. The number of imidazole rings is 1. The molecule has 2 aromatic carbocycles. The zero-order valence-electron chi connectivity index (χ0n) is 13.7. The zero-order chi connectivity index (χ0) is 16.5. The summed E-state index contributed by atoms with van der Waals surface area (Å²) in [5.74, 6) is 1.11. The van der Waals surface area contributed by atoms with Crippen LogP contribution in [0.2, 0.25) is 0 Å². The number of rotatable bonds is 4. The largest absolute Gasteiger partial charge is 0.374 e. The molecule has 122 valence electrons. The Morgan fingerprint density at radius 1 is 1.12 bits per heavy atom. The van der Waals surface area contributed by atoms with Gasteiger partial charge in [0.05, 0.1) is 0 Å². The number of halogens is 1. The van der Waals surface area contributed by atoms with Crippen LogP contribution < -0.4 is 4.90 Å². The molecule has 0 saturated heterocycles. The van der Waals surface area contributed by atoms with E-state index in [0.29, 0.717) is 0 Å². The lowest BCUT2D eigenvalue weighted by Gasteiger charge is -2.13. The van der Waals surface area contributed by atoms with E-state index in [9.17, 15) is 0 Å². The first kappa shape index (κ1) is 15.5. The number of aromatic nitrogens is 2. The van der Waals surface area contributed by atoms with Crippen molar-refractivity contribution in [3.8, 4) is 0 Å². The van der Waals surface area contributed by atoms with Gasteiger partial charge in [0.25, 0.3) is 0 Å². The van der Waals surface area contributed by atoms with Gasteiger partial charge in [-0.15, -0.1) is 0 Å². The minimum absolute atomic E-state index is 0.850. The van der Waals surface area contributed by atoms with Crippen LogP contribution >= 0.6 is 15.9 Å². The third-order valence-corrected chi connectivity index (χ3v) is 5.17. The molecule has 0 aliphatic carbocycles. The molecule has 0 saturated carbocycles. The molecule has 0 spiro atoms. The Kier molecular flexibility index (Phi) is 4.15. The van der Waals surface area contributed by atoms with Gasteiger partial charge in [-0.1, -0.05) is 40.2 Å². The van der Waals surface area contributed by atoms with Gasteiger partial charge >= 0.3 is 0 Å². The average Bonchev–Trinajstić information content (AvgIpc) is 3.15. The molecule has 0 fully saturated rings. The summed E-state index contributed by atoms with van der Waals surface area (Å²) in [6, 6.07) is 15.3. The van der Waals surface area contributed by atoms with Crippen LogP contribution in [-0.2, 0) is 19.4 Å². The van der Waals surface area contributed by atoms with Crippen molar-refractivity contribution in [2.24, 2.45) is 0 Å². The molecule has 1 aliphatic heterocycles. The molecule has 0 unspecified atom stereocenters. The molecular weight excluding hydrogens is 362 g/mol. The van der Waals surface area contributed by atoms with Gasteiger partial charge < -0.3 is 9.47 Å². The Morgan fingerprint density at radius 2 is 2.04 bits per heavy atom. The summed E-state index contributed by atoms with van der Waals surface area (Å²) in [4.78, 5) is 6.91. The quantitative estimate of drug-likeness (QED) is 0.672. The van der Waals surface area contributed by atoms with Crippen LogP contribution in [0.3, 0.4) is 0 Å². The third kappa shape index (κ3) is 3.11. The highest BCUT2D eigenvalue weighted by Gasteiger charge is 2.16. The maximum Gasteiger partial charge on any atom is 0.113 e. The molecule has 4 rings (SSSR count). The van der Waals surface area contributed by atoms with Crippen molar-refractivity contribution in [2.45, 2.75) is 19.4 Å². The highest BCUT2D eigenvalue weighted by atomic mass is 79.9. The second-order valence-electron chi connectivity index (χ2n) is 6.41. The van der Waals surface area contributed by atoms with E-state index in [0.717, 1.165) is 36.2 Å². The molecule has 1 aliphatic rings. The van der Waals surface area contributed by atoms with Gasteiger partial charge in [-0.3, -0.25) is 0 Å². The lowest BCUT2D eigenvalue weighted by Crippen LogP contribution is -2.12.